The molecule has 2 heteroatoms. The van der Waals surface area contributed by atoms with Crippen LogP contribution in [0.15, 0.2) is 0 Å². The Labute approximate surface area is 105 Å². The Balaban J connectivity index is 1.56. The Kier molecular flexibility index (Phi) is 3.20. The standard InChI is InChI=1S/C15H27NO/c16-14(7-4-5-8-14)12-13-6-11-15(17-13)9-2-1-3-10-15/h13H,1-12,16H2. The van der Waals surface area contributed by atoms with E-state index in [9.17, 15) is 0 Å². The molecule has 98 valence electrons. The largest absolute Gasteiger partial charge is 0.372 e. The molecular formula is C15H27NO. The minimum Gasteiger partial charge on any atom is -0.372 e. The fourth-order valence-corrected chi connectivity index (χ4v) is 4.34. The van der Waals surface area contributed by atoms with Crippen LogP contribution in [0.5, 0.6) is 0 Å². The van der Waals surface area contributed by atoms with Crippen molar-refractivity contribution in [3.63, 3.8) is 0 Å². The average Bonchev–Trinajstić information content (AvgIpc) is 2.89. The van der Waals surface area contributed by atoms with Gasteiger partial charge in [-0.3, -0.25) is 0 Å². The van der Waals surface area contributed by atoms with Gasteiger partial charge in [0.1, 0.15) is 0 Å². The second-order valence-electron chi connectivity index (χ2n) is 6.80. The summed E-state index contributed by atoms with van der Waals surface area (Å²) in [4.78, 5) is 0. The lowest BCUT2D eigenvalue weighted by molar-refractivity contribution is -0.0710. The van der Waals surface area contributed by atoms with E-state index in [4.69, 9.17) is 10.5 Å². The van der Waals surface area contributed by atoms with Gasteiger partial charge in [0.2, 0.25) is 0 Å². The molecule has 0 radical (unpaired) electrons. The summed E-state index contributed by atoms with van der Waals surface area (Å²) in [6.45, 7) is 0. The second kappa shape index (κ2) is 4.55. The molecule has 1 heterocycles. The van der Waals surface area contributed by atoms with Gasteiger partial charge < -0.3 is 10.5 Å². The van der Waals surface area contributed by atoms with Gasteiger partial charge in [-0.05, 0) is 44.9 Å². The van der Waals surface area contributed by atoms with Crippen LogP contribution in [0.4, 0.5) is 0 Å². The Morgan fingerprint density at radius 1 is 0.882 bits per heavy atom. The summed E-state index contributed by atoms with van der Waals surface area (Å²) >= 11 is 0. The molecule has 1 atom stereocenters. The van der Waals surface area contributed by atoms with Crippen molar-refractivity contribution >= 4 is 0 Å². The lowest BCUT2D eigenvalue weighted by Crippen LogP contribution is -2.41. The summed E-state index contributed by atoms with van der Waals surface area (Å²) in [7, 11) is 0. The van der Waals surface area contributed by atoms with Gasteiger partial charge in [0.05, 0.1) is 11.7 Å². The fourth-order valence-electron chi connectivity index (χ4n) is 4.34. The Hall–Kier alpha value is -0.0800. The van der Waals surface area contributed by atoms with Gasteiger partial charge in [-0.25, -0.2) is 0 Å². The Morgan fingerprint density at radius 2 is 1.53 bits per heavy atom. The summed E-state index contributed by atoms with van der Waals surface area (Å²) in [6.07, 6.45) is 16.0. The summed E-state index contributed by atoms with van der Waals surface area (Å²) in [5.74, 6) is 0. The van der Waals surface area contributed by atoms with E-state index in [0.29, 0.717) is 6.10 Å². The van der Waals surface area contributed by atoms with Gasteiger partial charge in [0.25, 0.3) is 0 Å². The van der Waals surface area contributed by atoms with Crippen LogP contribution < -0.4 is 5.73 Å². The number of rotatable bonds is 2. The Bertz CT molecular complexity index is 264. The molecule has 3 rings (SSSR count). The van der Waals surface area contributed by atoms with E-state index in [-0.39, 0.29) is 11.1 Å². The maximum atomic E-state index is 6.48. The first-order valence-corrected chi connectivity index (χ1v) is 7.67. The molecule has 2 nitrogen and oxygen atoms in total. The first kappa shape index (κ1) is 12.0. The first-order valence-electron chi connectivity index (χ1n) is 7.67. The molecule has 2 N–H and O–H groups in total. The monoisotopic (exact) mass is 237 g/mol. The van der Waals surface area contributed by atoms with Crippen LogP contribution in [0.3, 0.4) is 0 Å². The van der Waals surface area contributed by atoms with E-state index >= 15 is 0 Å². The predicted octanol–water partition coefficient (Wildman–Crippen LogP) is 3.53. The van der Waals surface area contributed by atoms with Crippen molar-refractivity contribution in [1.29, 1.82) is 0 Å². The molecule has 17 heavy (non-hydrogen) atoms. The van der Waals surface area contributed by atoms with Crippen molar-refractivity contribution in [2.24, 2.45) is 5.73 Å². The van der Waals surface area contributed by atoms with Gasteiger partial charge in [-0.2, -0.15) is 0 Å². The van der Waals surface area contributed by atoms with Crippen molar-refractivity contribution in [2.75, 3.05) is 0 Å². The topological polar surface area (TPSA) is 35.2 Å². The van der Waals surface area contributed by atoms with E-state index in [1.807, 2.05) is 0 Å². The Morgan fingerprint density at radius 3 is 2.24 bits per heavy atom. The number of hydrogen-bond donors (Lipinski definition) is 1. The number of nitrogens with two attached hydrogens (primary N) is 1. The van der Waals surface area contributed by atoms with Crippen molar-refractivity contribution in [1.82, 2.24) is 0 Å². The van der Waals surface area contributed by atoms with Gasteiger partial charge in [-0.1, -0.05) is 32.1 Å². The van der Waals surface area contributed by atoms with E-state index in [2.05, 4.69) is 0 Å². The van der Waals surface area contributed by atoms with Gasteiger partial charge in [-0.15, -0.1) is 0 Å². The molecule has 1 spiro atoms. The zero-order valence-electron chi connectivity index (χ0n) is 11.0. The highest BCUT2D eigenvalue weighted by Crippen LogP contribution is 2.44. The fraction of sp³-hybridized carbons (Fsp3) is 1.00. The maximum absolute atomic E-state index is 6.48. The maximum Gasteiger partial charge on any atom is 0.0687 e. The number of hydrogen-bond acceptors (Lipinski definition) is 2. The zero-order chi connectivity index (χ0) is 11.8. The van der Waals surface area contributed by atoms with Gasteiger partial charge >= 0.3 is 0 Å². The molecule has 3 fully saturated rings. The van der Waals surface area contributed by atoms with E-state index in [0.717, 1.165) is 6.42 Å². The summed E-state index contributed by atoms with van der Waals surface area (Å²) in [5.41, 5.74) is 6.87. The van der Waals surface area contributed by atoms with Crippen molar-refractivity contribution in [3.05, 3.63) is 0 Å². The first-order chi connectivity index (χ1) is 8.20. The lowest BCUT2D eigenvalue weighted by atomic mass is 9.82. The average molecular weight is 237 g/mol. The van der Waals surface area contributed by atoms with Crippen LogP contribution in [0.25, 0.3) is 0 Å². The summed E-state index contributed by atoms with van der Waals surface area (Å²) in [5, 5.41) is 0. The molecule has 0 amide bonds. The molecule has 3 aliphatic rings. The SMILES string of the molecule is NC1(CC2CCC3(CCCCC3)O2)CCCC1. The highest BCUT2D eigenvalue weighted by atomic mass is 16.5. The zero-order valence-corrected chi connectivity index (χ0v) is 11.0. The van der Waals surface area contributed by atoms with E-state index < -0.39 is 0 Å². The van der Waals surface area contributed by atoms with Crippen molar-refractivity contribution in [3.8, 4) is 0 Å². The predicted molar refractivity (Wildman–Crippen MR) is 69.9 cm³/mol. The summed E-state index contributed by atoms with van der Waals surface area (Å²) in [6, 6.07) is 0. The van der Waals surface area contributed by atoms with Crippen LogP contribution in [-0.2, 0) is 4.74 Å². The van der Waals surface area contributed by atoms with Crippen molar-refractivity contribution < 1.29 is 4.74 Å². The minimum absolute atomic E-state index is 0.116. The third-order valence-electron chi connectivity index (χ3n) is 5.34. The van der Waals surface area contributed by atoms with Gasteiger partial charge in [0, 0.05) is 5.54 Å². The second-order valence-corrected chi connectivity index (χ2v) is 6.80. The molecule has 0 bridgehead atoms. The van der Waals surface area contributed by atoms with Crippen LogP contribution >= 0.6 is 0 Å². The normalized spacial score (nSPS) is 35.5. The smallest absolute Gasteiger partial charge is 0.0687 e. The molecule has 0 aromatic carbocycles. The highest BCUT2D eigenvalue weighted by molar-refractivity contribution is 4.97. The van der Waals surface area contributed by atoms with Gasteiger partial charge in [0.15, 0.2) is 0 Å². The molecule has 1 saturated heterocycles. The van der Waals surface area contributed by atoms with E-state index in [1.54, 1.807) is 0 Å². The van der Waals surface area contributed by atoms with Crippen molar-refractivity contribution in [2.45, 2.75) is 94.3 Å². The molecule has 0 aromatic rings. The quantitative estimate of drug-likeness (QED) is 0.797. The van der Waals surface area contributed by atoms with Crippen LogP contribution in [-0.4, -0.2) is 17.2 Å². The highest BCUT2D eigenvalue weighted by Gasteiger charge is 2.43. The molecular weight excluding hydrogens is 210 g/mol. The van der Waals surface area contributed by atoms with Crippen LogP contribution in [0.2, 0.25) is 0 Å². The number of ether oxygens (including phenoxy) is 1. The third-order valence-corrected chi connectivity index (χ3v) is 5.34. The molecule has 0 aromatic heterocycles. The molecule has 2 aliphatic carbocycles. The molecule has 1 unspecified atom stereocenters. The van der Waals surface area contributed by atoms with E-state index in [1.165, 1.54) is 70.6 Å². The summed E-state index contributed by atoms with van der Waals surface area (Å²) < 4.78 is 6.44. The van der Waals surface area contributed by atoms with Crippen LogP contribution in [0.1, 0.15) is 77.0 Å². The third kappa shape index (κ3) is 2.53. The van der Waals surface area contributed by atoms with Crippen LogP contribution in [0, 0.1) is 0 Å². The minimum atomic E-state index is 0.116. The lowest BCUT2D eigenvalue weighted by Gasteiger charge is -2.34. The molecule has 1 aliphatic heterocycles. The molecule has 2 saturated carbocycles.